The number of hydrazine groups is 1. The molecule has 9 rings (SSSR count). The number of pyridine rings is 1. The second kappa shape index (κ2) is 19.2. The Bertz CT molecular complexity index is 2640. The van der Waals surface area contributed by atoms with E-state index in [1.165, 1.54) is 9.91 Å². The first-order chi connectivity index (χ1) is 32.9. The first kappa shape index (κ1) is 48.2. The van der Waals surface area contributed by atoms with Gasteiger partial charge >= 0.3 is 5.97 Å². The highest BCUT2D eigenvalue weighted by Crippen LogP contribution is 2.43. The van der Waals surface area contributed by atoms with Gasteiger partial charge in [-0.3, -0.25) is 34.0 Å². The molecule has 5 aliphatic rings. The molecule has 8 bridgehead atoms. The minimum Gasteiger partial charge on any atom is -0.508 e. The van der Waals surface area contributed by atoms with Crippen molar-refractivity contribution in [3.05, 3.63) is 71.5 Å². The fourth-order valence-corrected chi connectivity index (χ4v) is 11.9. The van der Waals surface area contributed by atoms with Gasteiger partial charge in [-0.2, -0.15) is 0 Å². The van der Waals surface area contributed by atoms with Crippen molar-refractivity contribution in [2.24, 2.45) is 17.3 Å². The van der Waals surface area contributed by atoms with E-state index in [1.807, 2.05) is 37.1 Å². The Hall–Kier alpha value is -5.80. The molecule has 15 heteroatoms. The van der Waals surface area contributed by atoms with Crippen LogP contribution in [0.25, 0.3) is 33.3 Å². The number of rotatable bonds is 9. The lowest BCUT2D eigenvalue weighted by Crippen LogP contribution is -2.62. The number of likely N-dealkylation sites (N-methyl/N-ethyl adjacent to an activating group) is 1. The highest BCUT2D eigenvalue weighted by Gasteiger charge is 2.49. The molecule has 5 aliphatic heterocycles. The standard InChI is InChI=1S/C54H70N8O7/c1-9-60-45-17-14-33-26-40(45)41(48(60)39-12-10-18-55-46(39)30(2)3)27-54(6,7)29-69-53(68)42-13-11-19-61(58-42)51(66)43(22-32-20-34(33)25-38(63)21-32)57-49(64)47(31(4)5)59(8)50(65)35-23-36-15-16-37(24-35)62(36)52(67)44-28-56-44/h10,12,14,17-18,20-21,25-26,30-31,35-37,42-44,47,56,58,63H,9,11,13,15-16,19,22-24,27-29H2,1-8H3,(H,57,64)/t35-,36+,37-,42-,43-,44+,47-/m0/s1. The topological polar surface area (TPSA) is 188 Å². The lowest BCUT2D eigenvalue weighted by molar-refractivity contribution is -0.155. The van der Waals surface area contributed by atoms with E-state index in [9.17, 15) is 29.1 Å². The number of nitrogens with zero attached hydrogens (tertiary/aromatic N) is 5. The van der Waals surface area contributed by atoms with Crippen LogP contribution in [0.2, 0.25) is 0 Å². The predicted octanol–water partition coefficient (Wildman–Crippen LogP) is 6.09. The number of fused-ring (bicyclic) bond motifs is 8. The summed E-state index contributed by atoms with van der Waals surface area (Å²) in [5.74, 6) is -1.87. The summed E-state index contributed by atoms with van der Waals surface area (Å²) in [7, 11) is 1.66. The molecule has 0 radical (unpaired) electrons. The van der Waals surface area contributed by atoms with Crippen LogP contribution in [0, 0.1) is 17.3 Å². The molecule has 0 saturated carbocycles. The molecular weight excluding hydrogens is 873 g/mol. The van der Waals surface area contributed by atoms with Crippen molar-refractivity contribution in [1.29, 1.82) is 0 Å². The number of aryl methyl sites for hydroxylation is 1. The summed E-state index contributed by atoms with van der Waals surface area (Å²) in [4.78, 5) is 79.5. The average molecular weight is 943 g/mol. The third-order valence-corrected chi connectivity index (χ3v) is 15.2. The summed E-state index contributed by atoms with van der Waals surface area (Å²) in [5.41, 5.74) is 10.2. The van der Waals surface area contributed by atoms with Gasteiger partial charge < -0.3 is 34.8 Å². The van der Waals surface area contributed by atoms with E-state index in [0.717, 1.165) is 57.4 Å². The third-order valence-electron chi connectivity index (χ3n) is 15.2. The van der Waals surface area contributed by atoms with Gasteiger partial charge in [0.1, 0.15) is 23.9 Å². The average Bonchev–Trinajstić information content (AvgIpc) is 4.09. The van der Waals surface area contributed by atoms with Crippen LogP contribution in [0.3, 0.4) is 0 Å². The monoisotopic (exact) mass is 943 g/mol. The van der Waals surface area contributed by atoms with Gasteiger partial charge in [0.2, 0.25) is 17.7 Å². The van der Waals surface area contributed by atoms with Crippen LogP contribution in [-0.2, 0) is 48.1 Å². The summed E-state index contributed by atoms with van der Waals surface area (Å²) in [6.07, 6.45) is 6.26. The van der Waals surface area contributed by atoms with Crippen molar-refractivity contribution in [3.63, 3.8) is 0 Å². The largest absolute Gasteiger partial charge is 0.508 e. The second-order valence-electron chi connectivity index (χ2n) is 21.7. The van der Waals surface area contributed by atoms with Crippen molar-refractivity contribution in [2.75, 3.05) is 26.7 Å². The van der Waals surface area contributed by atoms with Gasteiger partial charge in [-0.15, -0.1) is 0 Å². The Morgan fingerprint density at radius 2 is 1.74 bits per heavy atom. The van der Waals surface area contributed by atoms with Crippen LogP contribution in [0.15, 0.2) is 54.7 Å². The molecule has 368 valence electrons. The third kappa shape index (κ3) is 9.60. The summed E-state index contributed by atoms with van der Waals surface area (Å²) >= 11 is 0. The van der Waals surface area contributed by atoms with Crippen molar-refractivity contribution < 1.29 is 33.8 Å². The van der Waals surface area contributed by atoms with Gasteiger partial charge in [0.15, 0.2) is 0 Å². The Balaban J connectivity index is 1.07. The summed E-state index contributed by atoms with van der Waals surface area (Å²) in [6, 6.07) is 12.8. The van der Waals surface area contributed by atoms with E-state index in [2.05, 4.69) is 79.5 Å². The summed E-state index contributed by atoms with van der Waals surface area (Å²) < 4.78 is 8.48. The van der Waals surface area contributed by atoms with Gasteiger partial charge in [0.25, 0.3) is 5.91 Å². The number of nitrogens with one attached hydrogen (secondary N) is 3. The van der Waals surface area contributed by atoms with E-state index in [1.54, 1.807) is 19.2 Å². The Kier molecular flexibility index (Phi) is 13.4. The number of aromatic nitrogens is 2. The molecule has 4 fully saturated rings. The number of phenols is 1. The van der Waals surface area contributed by atoms with Crippen LogP contribution in [0.1, 0.15) is 110 Å². The SMILES string of the molecule is CCn1c(-c2cccnc2C(C)C)c2c3cc(ccc31)-c1cc(O)cc(c1)C[C@H](NC(=O)[C@H](C(C)C)N(C)C(=O)[C@H]1C[C@H]3CC[C@@H](C1)N3C(=O)[C@H]1CN1)C(=O)N1CCC[C@H](N1)C(=O)OCC(C)(C)C2. The Morgan fingerprint density at radius 3 is 2.42 bits per heavy atom. The number of aromatic hydroxyl groups is 1. The van der Waals surface area contributed by atoms with Crippen molar-refractivity contribution >= 4 is 40.5 Å². The maximum absolute atomic E-state index is 14.8. The smallest absolute Gasteiger partial charge is 0.324 e. The van der Waals surface area contributed by atoms with E-state index in [-0.39, 0.29) is 66.5 Å². The Morgan fingerprint density at radius 1 is 1.00 bits per heavy atom. The number of carbonyl (C=O) groups excluding carboxylic acids is 5. The normalized spacial score (nSPS) is 25.1. The molecule has 2 aromatic heterocycles. The molecule has 4 aromatic rings. The van der Waals surface area contributed by atoms with Gasteiger partial charge in [-0.1, -0.05) is 53.7 Å². The van der Waals surface area contributed by atoms with Crippen molar-refractivity contribution in [3.8, 4) is 28.1 Å². The molecule has 4 amide bonds. The van der Waals surface area contributed by atoms with Crippen molar-refractivity contribution in [2.45, 2.75) is 149 Å². The number of benzene rings is 2. The molecule has 2 aromatic carbocycles. The molecular formula is C54H70N8O7. The number of phenolic OH excluding ortho intramolecular Hbond substituents is 1. The maximum atomic E-state index is 14.8. The van der Waals surface area contributed by atoms with E-state index in [4.69, 9.17) is 9.72 Å². The quantitative estimate of drug-likeness (QED) is 0.113. The first-order valence-electron chi connectivity index (χ1n) is 25.2. The second-order valence-corrected chi connectivity index (χ2v) is 21.7. The molecule has 4 N–H and O–H groups in total. The van der Waals surface area contributed by atoms with Gasteiger partial charge in [0.05, 0.1) is 24.0 Å². The van der Waals surface area contributed by atoms with E-state index >= 15 is 0 Å². The predicted molar refractivity (Wildman–Crippen MR) is 264 cm³/mol. The molecule has 7 heterocycles. The zero-order valence-electron chi connectivity index (χ0n) is 41.5. The van der Waals surface area contributed by atoms with Gasteiger partial charge in [-0.25, -0.2) is 5.43 Å². The molecule has 0 spiro atoms. The van der Waals surface area contributed by atoms with Crippen LogP contribution in [0.5, 0.6) is 5.75 Å². The molecule has 4 saturated heterocycles. The van der Waals surface area contributed by atoms with Gasteiger partial charge in [-0.05, 0) is 122 Å². The lowest BCUT2D eigenvalue weighted by atomic mass is 9.83. The van der Waals surface area contributed by atoms with Crippen LogP contribution >= 0.6 is 0 Å². The molecule has 0 aliphatic carbocycles. The molecule has 69 heavy (non-hydrogen) atoms. The highest BCUT2D eigenvalue weighted by molar-refractivity contribution is 5.96. The lowest BCUT2D eigenvalue weighted by Gasteiger charge is -2.41. The number of hydrogen-bond acceptors (Lipinski definition) is 10. The molecule has 7 atom stereocenters. The summed E-state index contributed by atoms with van der Waals surface area (Å²) in [6.45, 7) is 16.3. The number of cyclic esters (lactones) is 1. The molecule has 0 unspecified atom stereocenters. The fraction of sp³-hybridized carbons (Fsp3) is 0.556. The molecule has 15 nitrogen and oxygen atoms in total. The number of hydrogen-bond donors (Lipinski definition) is 4. The van der Waals surface area contributed by atoms with Crippen molar-refractivity contribution in [1.82, 2.24) is 40.4 Å². The summed E-state index contributed by atoms with van der Waals surface area (Å²) in [5, 5.41) is 20.0. The minimum atomic E-state index is -1.14. The Labute approximate surface area is 405 Å². The number of ether oxygens (including phenoxy) is 1. The number of esters is 1. The zero-order chi connectivity index (χ0) is 49.1. The number of piperidine rings is 1. The van der Waals surface area contributed by atoms with E-state index in [0.29, 0.717) is 57.3 Å². The van der Waals surface area contributed by atoms with E-state index < -0.39 is 41.3 Å². The van der Waals surface area contributed by atoms with Crippen LogP contribution < -0.4 is 16.1 Å². The number of carbonyl (C=O) groups is 5. The highest BCUT2D eigenvalue weighted by atomic mass is 16.5. The fourth-order valence-electron chi connectivity index (χ4n) is 11.9. The number of amides is 4. The first-order valence-corrected chi connectivity index (χ1v) is 25.2. The van der Waals surface area contributed by atoms with Crippen LogP contribution in [-0.4, -0.2) is 122 Å². The zero-order valence-corrected chi connectivity index (χ0v) is 41.5. The minimum absolute atomic E-state index is 0.00225. The maximum Gasteiger partial charge on any atom is 0.324 e. The van der Waals surface area contributed by atoms with Crippen LogP contribution in [0.4, 0.5) is 0 Å². The van der Waals surface area contributed by atoms with Gasteiger partial charge in [0, 0.05) is 79.2 Å².